The molecule has 23 heavy (non-hydrogen) atoms. The molecule has 1 saturated heterocycles. The molecule has 7 nitrogen and oxygen atoms in total. The van der Waals surface area contributed by atoms with Gasteiger partial charge in [-0.1, -0.05) is 13.8 Å². The Labute approximate surface area is 137 Å². The molecule has 0 saturated carbocycles. The van der Waals surface area contributed by atoms with Crippen molar-refractivity contribution in [3.63, 3.8) is 0 Å². The molecule has 0 radical (unpaired) electrons. The summed E-state index contributed by atoms with van der Waals surface area (Å²) in [5, 5.41) is 2.83. The van der Waals surface area contributed by atoms with Crippen LogP contribution in [0, 0.1) is 12.8 Å². The first-order chi connectivity index (χ1) is 10.7. The second-order valence-electron chi connectivity index (χ2n) is 6.47. The predicted molar refractivity (Wildman–Crippen MR) is 89.4 cm³/mol. The fourth-order valence-electron chi connectivity index (χ4n) is 2.46. The minimum Gasteiger partial charge on any atom is -0.350 e. The molecule has 1 aliphatic heterocycles. The van der Waals surface area contributed by atoms with Crippen molar-refractivity contribution in [2.45, 2.75) is 33.2 Å². The van der Waals surface area contributed by atoms with Crippen LogP contribution in [0.1, 0.15) is 36.5 Å². The van der Waals surface area contributed by atoms with E-state index in [1.54, 1.807) is 24.9 Å². The van der Waals surface area contributed by atoms with Gasteiger partial charge in [0.15, 0.2) is 9.84 Å². The van der Waals surface area contributed by atoms with E-state index in [1.807, 2.05) is 13.8 Å². The Kier molecular flexibility index (Phi) is 5.23. The first kappa shape index (κ1) is 17.7. The maximum absolute atomic E-state index is 12.2. The lowest BCUT2D eigenvalue weighted by Crippen LogP contribution is -2.35. The van der Waals surface area contributed by atoms with E-state index in [0.717, 1.165) is 0 Å². The number of nitrogens with zero attached hydrogens (tertiary/aromatic N) is 3. The van der Waals surface area contributed by atoms with Crippen LogP contribution in [0.15, 0.2) is 6.07 Å². The van der Waals surface area contributed by atoms with Gasteiger partial charge >= 0.3 is 0 Å². The fourth-order valence-corrected chi connectivity index (χ4v) is 4.23. The highest BCUT2D eigenvalue weighted by Crippen LogP contribution is 2.20. The number of amides is 1. The molecule has 1 aliphatic rings. The highest BCUT2D eigenvalue weighted by molar-refractivity contribution is 7.91. The Morgan fingerprint density at radius 3 is 2.70 bits per heavy atom. The Bertz CT molecular complexity index is 688. The van der Waals surface area contributed by atoms with Gasteiger partial charge < -0.3 is 10.2 Å². The zero-order valence-corrected chi connectivity index (χ0v) is 14.9. The number of hydrogen-bond acceptors (Lipinski definition) is 6. The number of sulfone groups is 1. The molecule has 1 unspecified atom stereocenters. The quantitative estimate of drug-likeness (QED) is 0.852. The van der Waals surface area contributed by atoms with E-state index < -0.39 is 9.84 Å². The van der Waals surface area contributed by atoms with Crippen molar-refractivity contribution in [3.05, 3.63) is 17.5 Å². The number of aromatic nitrogens is 2. The summed E-state index contributed by atoms with van der Waals surface area (Å²) in [4.78, 5) is 22.6. The van der Waals surface area contributed by atoms with Crippen LogP contribution in [0.25, 0.3) is 0 Å². The first-order valence-corrected chi connectivity index (χ1v) is 9.57. The number of hydrogen-bond donors (Lipinski definition) is 1. The summed E-state index contributed by atoms with van der Waals surface area (Å²) in [6, 6.07) is 1.49. The van der Waals surface area contributed by atoms with E-state index in [4.69, 9.17) is 0 Å². The molecule has 1 atom stereocenters. The summed E-state index contributed by atoms with van der Waals surface area (Å²) in [5.41, 5.74) is 0.984. The summed E-state index contributed by atoms with van der Waals surface area (Å²) in [6.07, 6.45) is 0.561. The van der Waals surface area contributed by atoms with E-state index in [2.05, 4.69) is 15.3 Å². The maximum atomic E-state index is 12.2. The van der Waals surface area contributed by atoms with Gasteiger partial charge in [-0.25, -0.2) is 18.4 Å². The normalized spacial score (nSPS) is 19.8. The molecule has 128 valence electrons. The second kappa shape index (κ2) is 6.82. The van der Waals surface area contributed by atoms with Gasteiger partial charge in [0.2, 0.25) is 5.95 Å². The lowest BCUT2D eigenvalue weighted by atomic mass is 10.2. The number of rotatable bonds is 5. The Morgan fingerprint density at radius 2 is 2.13 bits per heavy atom. The minimum atomic E-state index is -2.98. The van der Waals surface area contributed by atoms with Gasteiger partial charge in [-0.05, 0) is 25.3 Å². The number of nitrogens with one attached hydrogen (secondary N) is 1. The molecular formula is C15H24N4O3S. The molecule has 8 heteroatoms. The average Bonchev–Trinajstić information content (AvgIpc) is 2.83. The molecule has 1 N–H and O–H groups in total. The molecule has 2 heterocycles. The zero-order valence-electron chi connectivity index (χ0n) is 14.0. The van der Waals surface area contributed by atoms with Crippen molar-refractivity contribution in [1.82, 2.24) is 15.3 Å². The van der Waals surface area contributed by atoms with E-state index in [9.17, 15) is 13.2 Å². The van der Waals surface area contributed by atoms with E-state index >= 15 is 0 Å². The number of aryl methyl sites for hydroxylation is 1. The van der Waals surface area contributed by atoms with Crippen LogP contribution in [-0.4, -0.2) is 55.4 Å². The summed E-state index contributed by atoms with van der Waals surface area (Å²) in [7, 11) is -1.21. The molecule has 0 spiro atoms. The van der Waals surface area contributed by atoms with Gasteiger partial charge in [0.25, 0.3) is 5.91 Å². The second-order valence-corrected chi connectivity index (χ2v) is 8.69. The summed E-state index contributed by atoms with van der Waals surface area (Å²) < 4.78 is 23.3. The van der Waals surface area contributed by atoms with Crippen LogP contribution in [0.4, 0.5) is 5.95 Å². The monoisotopic (exact) mass is 340 g/mol. The maximum Gasteiger partial charge on any atom is 0.270 e. The number of carbonyl (C=O) groups excluding carboxylic acids is 1. The highest BCUT2D eigenvalue weighted by atomic mass is 32.2. The molecule has 1 aromatic rings. The van der Waals surface area contributed by atoms with E-state index in [1.165, 1.54) is 0 Å². The molecule has 1 amide bonds. The van der Waals surface area contributed by atoms with Crippen LogP contribution in [0.3, 0.4) is 0 Å². The van der Waals surface area contributed by atoms with Gasteiger partial charge in [-0.3, -0.25) is 4.79 Å². The van der Waals surface area contributed by atoms with Crippen molar-refractivity contribution >= 4 is 21.7 Å². The van der Waals surface area contributed by atoms with E-state index in [0.29, 0.717) is 36.2 Å². The standard InChI is InChI=1S/C15H24N4O3S/c1-10(2)8-16-14(20)13-7-11(3)17-15(18-13)19(4)12-5-6-23(21,22)9-12/h7,10,12H,5-6,8-9H2,1-4H3,(H,16,20). The zero-order chi connectivity index (χ0) is 17.2. The highest BCUT2D eigenvalue weighted by Gasteiger charge is 2.32. The molecule has 0 aromatic carbocycles. The van der Waals surface area contributed by atoms with Gasteiger partial charge in [0.05, 0.1) is 11.5 Å². The van der Waals surface area contributed by atoms with Crippen LogP contribution in [0.2, 0.25) is 0 Å². The van der Waals surface area contributed by atoms with E-state index in [-0.39, 0.29) is 23.5 Å². The van der Waals surface area contributed by atoms with Crippen LogP contribution in [0.5, 0.6) is 0 Å². The summed E-state index contributed by atoms with van der Waals surface area (Å²) >= 11 is 0. The third kappa shape index (κ3) is 4.63. The Balaban J connectivity index is 2.18. The summed E-state index contributed by atoms with van der Waals surface area (Å²) in [6.45, 7) is 6.41. The van der Waals surface area contributed by atoms with Crippen molar-refractivity contribution in [1.29, 1.82) is 0 Å². The molecule has 1 fully saturated rings. The predicted octanol–water partition coefficient (Wildman–Crippen LogP) is 0.794. The van der Waals surface area contributed by atoms with Crippen molar-refractivity contribution < 1.29 is 13.2 Å². The molecule has 1 aromatic heterocycles. The van der Waals surface area contributed by atoms with Crippen LogP contribution in [-0.2, 0) is 9.84 Å². The van der Waals surface area contributed by atoms with Crippen LogP contribution < -0.4 is 10.2 Å². The van der Waals surface area contributed by atoms with Crippen LogP contribution >= 0.6 is 0 Å². The van der Waals surface area contributed by atoms with Gasteiger partial charge in [0.1, 0.15) is 5.69 Å². The lowest BCUT2D eigenvalue weighted by Gasteiger charge is -2.23. The first-order valence-electron chi connectivity index (χ1n) is 7.75. The van der Waals surface area contributed by atoms with Crippen molar-refractivity contribution in [2.24, 2.45) is 5.92 Å². The number of anilines is 1. The smallest absolute Gasteiger partial charge is 0.270 e. The molecular weight excluding hydrogens is 316 g/mol. The molecule has 0 aliphatic carbocycles. The van der Waals surface area contributed by atoms with Crippen molar-refractivity contribution in [3.8, 4) is 0 Å². The third-order valence-corrected chi connectivity index (χ3v) is 5.57. The molecule has 2 rings (SSSR count). The minimum absolute atomic E-state index is 0.107. The Morgan fingerprint density at radius 1 is 1.43 bits per heavy atom. The fraction of sp³-hybridized carbons (Fsp3) is 0.667. The van der Waals surface area contributed by atoms with Gasteiger partial charge in [0, 0.05) is 25.3 Å². The summed E-state index contributed by atoms with van der Waals surface area (Å²) in [5.74, 6) is 0.804. The van der Waals surface area contributed by atoms with Gasteiger partial charge in [-0.2, -0.15) is 0 Å². The lowest BCUT2D eigenvalue weighted by molar-refractivity contribution is 0.0943. The Hall–Kier alpha value is -1.70. The number of carbonyl (C=O) groups is 1. The van der Waals surface area contributed by atoms with Gasteiger partial charge in [-0.15, -0.1) is 0 Å². The molecule has 0 bridgehead atoms. The van der Waals surface area contributed by atoms with Crippen molar-refractivity contribution in [2.75, 3.05) is 30.0 Å². The average molecular weight is 340 g/mol. The SMILES string of the molecule is Cc1cc(C(=O)NCC(C)C)nc(N(C)C2CCS(=O)(=O)C2)n1. The largest absolute Gasteiger partial charge is 0.350 e. The topological polar surface area (TPSA) is 92.3 Å². The third-order valence-electron chi connectivity index (χ3n) is 3.82.